The van der Waals surface area contributed by atoms with Crippen molar-refractivity contribution in [1.82, 2.24) is 0 Å². The molecular formula is C48H44O. The second kappa shape index (κ2) is 15.2. The molecule has 0 unspecified atom stereocenters. The van der Waals surface area contributed by atoms with Crippen LogP contribution in [0.15, 0.2) is 176 Å². The van der Waals surface area contributed by atoms with E-state index in [9.17, 15) is 5.11 Å². The second-order valence-corrected chi connectivity index (χ2v) is 12.8. The Morgan fingerprint density at radius 1 is 0.408 bits per heavy atom. The van der Waals surface area contributed by atoms with Gasteiger partial charge in [0.25, 0.3) is 0 Å². The van der Waals surface area contributed by atoms with Crippen molar-refractivity contribution in [2.24, 2.45) is 0 Å². The number of aliphatic hydroxyl groups excluding tert-OH is 1. The maximum atomic E-state index is 10.7. The van der Waals surface area contributed by atoms with Gasteiger partial charge in [0.1, 0.15) is 0 Å². The summed E-state index contributed by atoms with van der Waals surface area (Å²) >= 11 is 0. The number of hydrogen-bond acceptors (Lipinski definition) is 1. The molecule has 0 aromatic heterocycles. The van der Waals surface area contributed by atoms with E-state index in [0.717, 1.165) is 16.7 Å². The van der Waals surface area contributed by atoms with Gasteiger partial charge in [-0.1, -0.05) is 175 Å². The molecule has 49 heavy (non-hydrogen) atoms. The summed E-state index contributed by atoms with van der Waals surface area (Å²) < 4.78 is 0. The van der Waals surface area contributed by atoms with Crippen molar-refractivity contribution < 1.29 is 5.11 Å². The summed E-state index contributed by atoms with van der Waals surface area (Å²) in [6.45, 7) is 8.57. The summed E-state index contributed by atoms with van der Waals surface area (Å²) in [5.74, 6) is 0. The highest BCUT2D eigenvalue weighted by molar-refractivity contribution is 5.75. The van der Waals surface area contributed by atoms with Crippen LogP contribution < -0.4 is 0 Å². The highest BCUT2D eigenvalue weighted by Crippen LogP contribution is 2.49. The molecule has 1 N–H and O–H groups in total. The SMILES string of the molecule is Cc1ccc(-c2ccccc2)cc1.Cc1ccccc1-c1cc(C(c2ccccc2)(c2ccccc2)c2ccccc2C)c(CO)cc1C. The number of benzene rings is 7. The van der Waals surface area contributed by atoms with Crippen molar-refractivity contribution in [3.63, 3.8) is 0 Å². The van der Waals surface area contributed by atoms with Crippen LogP contribution in [-0.2, 0) is 12.0 Å². The van der Waals surface area contributed by atoms with Crippen molar-refractivity contribution in [3.8, 4) is 22.3 Å². The lowest BCUT2D eigenvalue weighted by molar-refractivity contribution is 0.279. The Balaban J connectivity index is 0.000000267. The fourth-order valence-electron chi connectivity index (χ4n) is 7.09. The quantitative estimate of drug-likeness (QED) is 0.173. The van der Waals surface area contributed by atoms with Gasteiger partial charge in [0.2, 0.25) is 0 Å². The molecule has 0 fully saturated rings. The lowest BCUT2D eigenvalue weighted by atomic mass is 9.62. The number of hydrogen-bond donors (Lipinski definition) is 1. The first kappa shape index (κ1) is 33.4. The van der Waals surface area contributed by atoms with E-state index in [1.807, 2.05) is 6.07 Å². The third-order valence-corrected chi connectivity index (χ3v) is 9.58. The average Bonchev–Trinajstić information content (AvgIpc) is 3.15. The third kappa shape index (κ3) is 6.90. The van der Waals surface area contributed by atoms with Crippen LogP contribution >= 0.6 is 0 Å². The molecule has 0 radical (unpaired) electrons. The third-order valence-electron chi connectivity index (χ3n) is 9.58. The molecule has 7 aromatic carbocycles. The molecular weight excluding hydrogens is 593 g/mol. The van der Waals surface area contributed by atoms with Gasteiger partial charge in [-0.25, -0.2) is 0 Å². The minimum absolute atomic E-state index is 0.0302. The van der Waals surface area contributed by atoms with E-state index in [1.165, 1.54) is 55.6 Å². The first-order valence-electron chi connectivity index (χ1n) is 17.0. The van der Waals surface area contributed by atoms with Crippen LogP contribution in [0.5, 0.6) is 0 Å². The highest BCUT2D eigenvalue weighted by Gasteiger charge is 2.41. The standard InChI is InChI=1S/C35H32O.C13H12/c1-25-14-10-12-20-31(25)32-23-34(28(24-36)22-27(32)3)35(29-16-6-4-7-17-29,30-18-8-5-9-19-30)33-21-13-11-15-26(33)2;1-11-7-9-13(10-8-11)12-5-3-2-4-6-12/h4-23,36H,24H2,1-3H3;2-10H,1H3. The largest absolute Gasteiger partial charge is 0.392 e. The zero-order chi connectivity index (χ0) is 34.2. The first-order valence-corrected chi connectivity index (χ1v) is 17.0. The van der Waals surface area contributed by atoms with Crippen LogP contribution in [0.25, 0.3) is 22.3 Å². The molecule has 7 aromatic rings. The number of aryl methyl sites for hydroxylation is 4. The van der Waals surface area contributed by atoms with Crippen LogP contribution in [0.3, 0.4) is 0 Å². The van der Waals surface area contributed by atoms with Crippen LogP contribution in [0.1, 0.15) is 50.1 Å². The fraction of sp³-hybridized carbons (Fsp3) is 0.125. The van der Waals surface area contributed by atoms with E-state index in [4.69, 9.17) is 0 Å². The normalized spacial score (nSPS) is 11.0. The van der Waals surface area contributed by atoms with Crippen molar-refractivity contribution in [2.75, 3.05) is 0 Å². The predicted molar refractivity (Wildman–Crippen MR) is 207 cm³/mol. The van der Waals surface area contributed by atoms with Crippen LogP contribution in [0.4, 0.5) is 0 Å². The van der Waals surface area contributed by atoms with Gasteiger partial charge in [0, 0.05) is 0 Å². The zero-order valence-electron chi connectivity index (χ0n) is 28.9. The van der Waals surface area contributed by atoms with Crippen molar-refractivity contribution in [1.29, 1.82) is 0 Å². The predicted octanol–water partition coefficient (Wildman–Crippen LogP) is 11.8. The lowest BCUT2D eigenvalue weighted by Crippen LogP contribution is -2.33. The minimum Gasteiger partial charge on any atom is -0.392 e. The molecule has 242 valence electrons. The Kier molecular flexibility index (Phi) is 10.3. The van der Waals surface area contributed by atoms with Crippen LogP contribution in [0.2, 0.25) is 0 Å². The van der Waals surface area contributed by atoms with Gasteiger partial charge in [-0.05, 0) is 101 Å². The molecule has 0 saturated carbocycles. The smallest absolute Gasteiger partial charge is 0.0707 e. The summed E-state index contributed by atoms with van der Waals surface area (Å²) in [5.41, 5.74) is 14.9. The van der Waals surface area contributed by atoms with Crippen LogP contribution in [-0.4, -0.2) is 5.11 Å². The molecule has 0 aliphatic heterocycles. The molecule has 1 heteroatoms. The van der Waals surface area contributed by atoms with Crippen molar-refractivity contribution in [2.45, 2.75) is 39.7 Å². The zero-order valence-corrected chi connectivity index (χ0v) is 28.9. The number of aliphatic hydroxyl groups is 1. The van der Waals surface area contributed by atoms with Crippen molar-refractivity contribution in [3.05, 3.63) is 226 Å². The Hall–Kier alpha value is -5.50. The van der Waals surface area contributed by atoms with Gasteiger partial charge in [0.15, 0.2) is 0 Å². The van der Waals surface area contributed by atoms with E-state index in [2.05, 4.69) is 198 Å². The summed E-state index contributed by atoms with van der Waals surface area (Å²) in [6, 6.07) is 62.2. The molecule has 0 heterocycles. The van der Waals surface area contributed by atoms with Gasteiger partial charge in [0.05, 0.1) is 12.0 Å². The van der Waals surface area contributed by atoms with E-state index in [-0.39, 0.29) is 6.61 Å². The highest BCUT2D eigenvalue weighted by atomic mass is 16.3. The molecule has 0 aliphatic rings. The van der Waals surface area contributed by atoms with Gasteiger partial charge in [-0.2, -0.15) is 0 Å². The maximum absolute atomic E-state index is 10.7. The van der Waals surface area contributed by atoms with E-state index < -0.39 is 5.41 Å². The Morgan fingerprint density at radius 3 is 1.45 bits per heavy atom. The molecule has 0 spiro atoms. The van der Waals surface area contributed by atoms with E-state index in [1.54, 1.807) is 0 Å². The maximum Gasteiger partial charge on any atom is 0.0707 e. The monoisotopic (exact) mass is 636 g/mol. The molecule has 7 rings (SSSR count). The van der Waals surface area contributed by atoms with Gasteiger partial charge < -0.3 is 5.11 Å². The molecule has 1 nitrogen and oxygen atoms in total. The average molecular weight is 637 g/mol. The lowest BCUT2D eigenvalue weighted by Gasteiger charge is -2.39. The van der Waals surface area contributed by atoms with E-state index >= 15 is 0 Å². The number of rotatable bonds is 7. The fourth-order valence-corrected chi connectivity index (χ4v) is 7.09. The Morgan fingerprint density at radius 2 is 0.898 bits per heavy atom. The van der Waals surface area contributed by atoms with E-state index in [0.29, 0.717) is 0 Å². The minimum atomic E-state index is -0.600. The molecule has 0 atom stereocenters. The second-order valence-electron chi connectivity index (χ2n) is 12.8. The molecule has 0 amide bonds. The molecule has 0 saturated heterocycles. The summed E-state index contributed by atoms with van der Waals surface area (Å²) in [4.78, 5) is 0. The Labute approximate surface area is 292 Å². The van der Waals surface area contributed by atoms with Crippen molar-refractivity contribution >= 4 is 0 Å². The van der Waals surface area contributed by atoms with Crippen LogP contribution in [0, 0.1) is 27.7 Å². The van der Waals surface area contributed by atoms with Gasteiger partial charge >= 0.3 is 0 Å². The molecule has 0 bridgehead atoms. The molecule has 0 aliphatic carbocycles. The summed E-state index contributed by atoms with van der Waals surface area (Å²) in [6.07, 6.45) is 0. The van der Waals surface area contributed by atoms with Gasteiger partial charge in [-0.3, -0.25) is 0 Å². The topological polar surface area (TPSA) is 20.2 Å². The summed E-state index contributed by atoms with van der Waals surface area (Å²) in [7, 11) is 0. The summed E-state index contributed by atoms with van der Waals surface area (Å²) in [5, 5.41) is 10.7. The Bertz CT molecular complexity index is 2070. The first-order chi connectivity index (χ1) is 23.9. The van der Waals surface area contributed by atoms with Gasteiger partial charge in [-0.15, -0.1) is 0 Å².